The minimum atomic E-state index is -0.0211. The molecule has 0 unspecified atom stereocenters. The summed E-state index contributed by atoms with van der Waals surface area (Å²) >= 11 is 1.68. The SMILES string of the molecule is O=c1[nH]c2ccccc2c2sc(Cc3ccccn3)cc12. The van der Waals surface area contributed by atoms with Crippen LogP contribution in [0.15, 0.2) is 59.5 Å². The van der Waals surface area contributed by atoms with Gasteiger partial charge in [0.05, 0.1) is 5.39 Å². The van der Waals surface area contributed by atoms with Crippen LogP contribution in [0.3, 0.4) is 0 Å². The quantitative estimate of drug-likeness (QED) is 0.612. The summed E-state index contributed by atoms with van der Waals surface area (Å²) in [5.74, 6) is 0. The van der Waals surface area contributed by atoms with E-state index in [0.717, 1.165) is 38.0 Å². The van der Waals surface area contributed by atoms with E-state index < -0.39 is 0 Å². The monoisotopic (exact) mass is 292 g/mol. The zero-order valence-corrected chi connectivity index (χ0v) is 12.0. The van der Waals surface area contributed by atoms with E-state index in [9.17, 15) is 4.79 Å². The van der Waals surface area contributed by atoms with Gasteiger partial charge in [0.1, 0.15) is 0 Å². The number of para-hydroxylation sites is 1. The summed E-state index contributed by atoms with van der Waals surface area (Å²) in [4.78, 5) is 20.6. The van der Waals surface area contributed by atoms with Gasteiger partial charge in [-0.3, -0.25) is 9.78 Å². The average molecular weight is 292 g/mol. The van der Waals surface area contributed by atoms with E-state index in [1.165, 1.54) is 0 Å². The number of nitrogens with zero attached hydrogens (tertiary/aromatic N) is 1. The molecule has 1 N–H and O–H groups in total. The molecule has 0 aliphatic heterocycles. The lowest BCUT2D eigenvalue weighted by atomic mass is 10.1. The summed E-state index contributed by atoms with van der Waals surface area (Å²) in [5, 5.41) is 1.87. The molecule has 0 fully saturated rings. The van der Waals surface area contributed by atoms with E-state index in [1.54, 1.807) is 17.5 Å². The summed E-state index contributed by atoms with van der Waals surface area (Å²) < 4.78 is 1.06. The number of aromatic nitrogens is 2. The summed E-state index contributed by atoms with van der Waals surface area (Å²) in [6, 6.07) is 15.8. The number of H-pyrrole nitrogens is 1. The van der Waals surface area contributed by atoms with E-state index in [0.29, 0.717) is 0 Å². The van der Waals surface area contributed by atoms with E-state index in [-0.39, 0.29) is 5.56 Å². The van der Waals surface area contributed by atoms with Gasteiger partial charge < -0.3 is 4.98 Å². The number of nitrogens with one attached hydrogen (secondary N) is 1. The lowest BCUT2D eigenvalue weighted by Gasteiger charge is -1.97. The molecule has 1 aromatic carbocycles. The van der Waals surface area contributed by atoms with E-state index in [4.69, 9.17) is 0 Å². The van der Waals surface area contributed by atoms with Crippen molar-refractivity contribution < 1.29 is 0 Å². The topological polar surface area (TPSA) is 45.8 Å². The summed E-state index contributed by atoms with van der Waals surface area (Å²) in [6.45, 7) is 0. The highest BCUT2D eigenvalue weighted by Gasteiger charge is 2.10. The first-order valence-corrected chi connectivity index (χ1v) is 7.56. The Morgan fingerprint density at radius 1 is 1.05 bits per heavy atom. The number of benzene rings is 1. The standard InChI is InChI=1S/C17H12N2OS/c20-17-14-10-12(9-11-5-3-4-8-18-11)21-16(14)13-6-1-2-7-15(13)19-17/h1-8,10H,9H2,(H,19,20). The van der Waals surface area contributed by atoms with Gasteiger partial charge in [0, 0.05) is 38.8 Å². The third-order valence-corrected chi connectivity index (χ3v) is 4.70. The second kappa shape index (κ2) is 4.82. The Morgan fingerprint density at radius 2 is 1.90 bits per heavy atom. The number of aromatic amines is 1. The van der Waals surface area contributed by atoms with Crippen molar-refractivity contribution in [3.63, 3.8) is 0 Å². The number of pyridine rings is 2. The Morgan fingerprint density at radius 3 is 2.76 bits per heavy atom. The maximum atomic E-state index is 12.2. The highest BCUT2D eigenvalue weighted by Crippen LogP contribution is 2.30. The van der Waals surface area contributed by atoms with Gasteiger partial charge in [-0.2, -0.15) is 0 Å². The van der Waals surface area contributed by atoms with Gasteiger partial charge in [-0.1, -0.05) is 24.3 Å². The average Bonchev–Trinajstić information content (AvgIpc) is 2.93. The molecule has 3 nitrogen and oxygen atoms in total. The predicted molar refractivity (Wildman–Crippen MR) is 87.0 cm³/mol. The molecule has 0 radical (unpaired) electrons. The molecule has 0 amide bonds. The Labute approximate surface area is 124 Å². The van der Waals surface area contributed by atoms with Crippen molar-refractivity contribution in [2.45, 2.75) is 6.42 Å². The molecule has 3 aromatic heterocycles. The number of hydrogen-bond acceptors (Lipinski definition) is 3. The van der Waals surface area contributed by atoms with Crippen LogP contribution in [-0.4, -0.2) is 9.97 Å². The molecule has 4 rings (SSSR count). The second-order valence-electron chi connectivity index (χ2n) is 4.95. The van der Waals surface area contributed by atoms with Crippen molar-refractivity contribution in [2.24, 2.45) is 0 Å². The van der Waals surface area contributed by atoms with Gasteiger partial charge in [-0.05, 0) is 24.3 Å². The Kier molecular flexibility index (Phi) is 2.82. The van der Waals surface area contributed by atoms with Gasteiger partial charge in [0.15, 0.2) is 0 Å². The zero-order chi connectivity index (χ0) is 14.2. The highest BCUT2D eigenvalue weighted by molar-refractivity contribution is 7.20. The van der Waals surface area contributed by atoms with Crippen LogP contribution in [0.1, 0.15) is 10.6 Å². The van der Waals surface area contributed by atoms with Crippen LogP contribution in [-0.2, 0) is 6.42 Å². The van der Waals surface area contributed by atoms with E-state index in [2.05, 4.69) is 16.0 Å². The second-order valence-corrected chi connectivity index (χ2v) is 6.09. The van der Waals surface area contributed by atoms with Crippen LogP contribution >= 0.6 is 11.3 Å². The van der Waals surface area contributed by atoms with Crippen LogP contribution in [0.2, 0.25) is 0 Å². The number of rotatable bonds is 2. The lowest BCUT2D eigenvalue weighted by Crippen LogP contribution is -2.04. The summed E-state index contributed by atoms with van der Waals surface area (Å²) in [7, 11) is 0. The van der Waals surface area contributed by atoms with Gasteiger partial charge >= 0.3 is 0 Å². The molecule has 4 aromatic rings. The molecule has 4 heteroatoms. The Balaban J connectivity index is 1.91. The van der Waals surface area contributed by atoms with Crippen molar-refractivity contribution in [2.75, 3.05) is 0 Å². The molecule has 0 spiro atoms. The highest BCUT2D eigenvalue weighted by atomic mass is 32.1. The number of fused-ring (bicyclic) bond motifs is 3. The van der Waals surface area contributed by atoms with Gasteiger partial charge in [-0.15, -0.1) is 11.3 Å². The maximum absolute atomic E-state index is 12.2. The van der Waals surface area contributed by atoms with Crippen molar-refractivity contribution >= 4 is 32.3 Å². The molecule has 0 aliphatic carbocycles. The van der Waals surface area contributed by atoms with Crippen LogP contribution in [0.4, 0.5) is 0 Å². The van der Waals surface area contributed by atoms with Crippen molar-refractivity contribution in [3.8, 4) is 0 Å². The van der Waals surface area contributed by atoms with Crippen LogP contribution in [0, 0.1) is 0 Å². The van der Waals surface area contributed by atoms with Gasteiger partial charge in [0.2, 0.25) is 0 Å². The summed E-state index contributed by atoms with van der Waals surface area (Å²) in [5.41, 5.74) is 1.89. The fraction of sp³-hybridized carbons (Fsp3) is 0.0588. The normalized spacial score (nSPS) is 11.2. The molecule has 102 valence electrons. The van der Waals surface area contributed by atoms with E-state index >= 15 is 0 Å². The van der Waals surface area contributed by atoms with E-state index in [1.807, 2.05) is 42.5 Å². The molecule has 0 saturated heterocycles. The Bertz CT molecular complexity index is 986. The fourth-order valence-corrected chi connectivity index (χ4v) is 3.77. The maximum Gasteiger partial charge on any atom is 0.257 e. The minimum Gasteiger partial charge on any atom is -0.321 e. The first-order chi connectivity index (χ1) is 10.3. The van der Waals surface area contributed by atoms with Crippen LogP contribution in [0.25, 0.3) is 21.0 Å². The van der Waals surface area contributed by atoms with Gasteiger partial charge in [0.25, 0.3) is 5.56 Å². The van der Waals surface area contributed by atoms with Crippen LogP contribution in [0.5, 0.6) is 0 Å². The number of hydrogen-bond donors (Lipinski definition) is 1. The predicted octanol–water partition coefficient (Wildman–Crippen LogP) is 3.73. The first-order valence-electron chi connectivity index (χ1n) is 6.74. The fourth-order valence-electron chi connectivity index (χ4n) is 2.56. The van der Waals surface area contributed by atoms with Gasteiger partial charge in [-0.25, -0.2) is 0 Å². The van der Waals surface area contributed by atoms with Crippen molar-refractivity contribution in [1.82, 2.24) is 9.97 Å². The molecule has 3 heterocycles. The molecule has 0 bridgehead atoms. The molecular formula is C17H12N2OS. The lowest BCUT2D eigenvalue weighted by molar-refractivity contribution is 1.10. The Hall–Kier alpha value is -2.46. The molecule has 0 aliphatic rings. The molecule has 0 atom stereocenters. The summed E-state index contributed by atoms with van der Waals surface area (Å²) in [6.07, 6.45) is 2.55. The third-order valence-electron chi connectivity index (χ3n) is 3.53. The molecular weight excluding hydrogens is 280 g/mol. The minimum absolute atomic E-state index is 0.0211. The van der Waals surface area contributed by atoms with Crippen molar-refractivity contribution in [3.05, 3.63) is 75.7 Å². The largest absolute Gasteiger partial charge is 0.321 e. The molecule has 21 heavy (non-hydrogen) atoms. The zero-order valence-electron chi connectivity index (χ0n) is 11.2. The smallest absolute Gasteiger partial charge is 0.257 e. The first kappa shape index (κ1) is 12.3. The van der Waals surface area contributed by atoms with Crippen molar-refractivity contribution in [1.29, 1.82) is 0 Å². The molecule has 0 saturated carbocycles. The van der Waals surface area contributed by atoms with Crippen LogP contribution < -0.4 is 5.56 Å². The third kappa shape index (κ3) is 2.14. The number of thiophene rings is 1.